The van der Waals surface area contributed by atoms with Gasteiger partial charge in [-0.3, -0.25) is 0 Å². The average molecular weight is 251 g/mol. The summed E-state index contributed by atoms with van der Waals surface area (Å²) in [5, 5.41) is 9.34. The van der Waals surface area contributed by atoms with Gasteiger partial charge in [-0.05, 0) is 44.2 Å². The maximum atomic E-state index is 11.1. The molecule has 2 rings (SSSR count). The Morgan fingerprint density at radius 2 is 1.76 bits per heavy atom. The number of hydrogen-bond acceptors (Lipinski definition) is 3. The van der Waals surface area contributed by atoms with E-state index >= 15 is 0 Å². The summed E-state index contributed by atoms with van der Waals surface area (Å²) in [5.41, 5.74) is 2.71. The maximum Gasteiger partial charge on any atom is 0.238 e. The lowest BCUT2D eigenvalue weighted by atomic mass is 10.3. The molecule has 6 heteroatoms. The fourth-order valence-corrected chi connectivity index (χ4v) is 2.18. The SMILES string of the molecule is Cc1cc(C)n(-c2ccc(S(N)(=O)=O)cc2)n1. The third kappa shape index (κ3) is 2.37. The number of aromatic nitrogens is 2. The highest BCUT2D eigenvalue weighted by Crippen LogP contribution is 2.14. The molecule has 0 spiro atoms. The molecule has 1 heterocycles. The Balaban J connectivity index is 2.46. The van der Waals surface area contributed by atoms with Crippen LogP contribution < -0.4 is 5.14 Å². The fourth-order valence-electron chi connectivity index (χ4n) is 1.67. The van der Waals surface area contributed by atoms with Gasteiger partial charge in [-0.15, -0.1) is 0 Å². The van der Waals surface area contributed by atoms with Gasteiger partial charge in [0, 0.05) is 5.69 Å². The summed E-state index contributed by atoms with van der Waals surface area (Å²) in [6, 6.07) is 8.26. The number of benzene rings is 1. The van der Waals surface area contributed by atoms with Crippen LogP contribution in [0.1, 0.15) is 11.4 Å². The molecule has 0 amide bonds. The molecule has 0 aliphatic heterocycles. The van der Waals surface area contributed by atoms with Crippen LogP contribution in [0.5, 0.6) is 0 Å². The summed E-state index contributed by atoms with van der Waals surface area (Å²) in [5.74, 6) is 0. The van der Waals surface area contributed by atoms with E-state index in [2.05, 4.69) is 5.10 Å². The second-order valence-corrected chi connectivity index (χ2v) is 5.44. The lowest BCUT2D eigenvalue weighted by molar-refractivity contribution is 0.598. The van der Waals surface area contributed by atoms with Gasteiger partial charge in [0.1, 0.15) is 0 Å². The third-order valence-corrected chi connectivity index (χ3v) is 3.35. The van der Waals surface area contributed by atoms with Gasteiger partial charge in [0.25, 0.3) is 0 Å². The molecule has 0 unspecified atom stereocenters. The topological polar surface area (TPSA) is 78.0 Å². The van der Waals surface area contributed by atoms with E-state index in [-0.39, 0.29) is 4.90 Å². The summed E-state index contributed by atoms with van der Waals surface area (Å²) in [6.07, 6.45) is 0. The Labute approximate surface area is 99.9 Å². The van der Waals surface area contributed by atoms with Gasteiger partial charge >= 0.3 is 0 Å². The zero-order valence-corrected chi connectivity index (χ0v) is 10.4. The van der Waals surface area contributed by atoms with Gasteiger partial charge in [-0.2, -0.15) is 5.10 Å². The van der Waals surface area contributed by atoms with Crippen LogP contribution in [0.3, 0.4) is 0 Å². The van der Waals surface area contributed by atoms with Gasteiger partial charge in [-0.1, -0.05) is 0 Å². The Hall–Kier alpha value is -1.66. The van der Waals surface area contributed by atoms with Crippen molar-refractivity contribution in [1.82, 2.24) is 9.78 Å². The highest BCUT2D eigenvalue weighted by molar-refractivity contribution is 7.89. The molecule has 0 fully saturated rings. The van der Waals surface area contributed by atoms with Crippen LogP contribution >= 0.6 is 0 Å². The van der Waals surface area contributed by atoms with Gasteiger partial charge in [-0.25, -0.2) is 18.2 Å². The molecule has 0 atom stereocenters. The Morgan fingerprint density at radius 3 is 2.18 bits per heavy atom. The quantitative estimate of drug-likeness (QED) is 0.869. The standard InChI is InChI=1S/C11H13N3O2S/c1-8-7-9(2)14(13-8)10-3-5-11(6-4-10)17(12,15)16/h3-7H,1-2H3,(H2,12,15,16). The van der Waals surface area contributed by atoms with E-state index < -0.39 is 10.0 Å². The normalized spacial score (nSPS) is 11.7. The minimum absolute atomic E-state index is 0.0998. The first-order valence-corrected chi connectivity index (χ1v) is 6.59. The number of hydrogen-bond donors (Lipinski definition) is 1. The van der Waals surface area contributed by atoms with Crippen molar-refractivity contribution in [2.24, 2.45) is 5.14 Å². The molecule has 0 aliphatic rings. The average Bonchev–Trinajstić information content (AvgIpc) is 2.57. The molecule has 0 aliphatic carbocycles. The van der Waals surface area contributed by atoms with Crippen molar-refractivity contribution >= 4 is 10.0 Å². The first kappa shape index (κ1) is 11.8. The Morgan fingerprint density at radius 1 is 1.18 bits per heavy atom. The summed E-state index contributed by atoms with van der Waals surface area (Å²) in [7, 11) is -3.64. The molecule has 0 radical (unpaired) electrons. The number of aryl methyl sites for hydroxylation is 2. The lowest BCUT2D eigenvalue weighted by Crippen LogP contribution is -2.12. The van der Waals surface area contributed by atoms with E-state index in [0.29, 0.717) is 0 Å². The zero-order chi connectivity index (χ0) is 12.6. The summed E-state index contributed by atoms with van der Waals surface area (Å²) < 4.78 is 24.0. The molecule has 0 saturated carbocycles. The van der Waals surface area contributed by atoms with Gasteiger partial charge < -0.3 is 0 Å². The van der Waals surface area contributed by atoms with Crippen LogP contribution in [0.4, 0.5) is 0 Å². The molecule has 2 N–H and O–H groups in total. The van der Waals surface area contributed by atoms with E-state index in [4.69, 9.17) is 5.14 Å². The minimum atomic E-state index is -3.64. The minimum Gasteiger partial charge on any atom is -0.238 e. The van der Waals surface area contributed by atoms with Gasteiger partial charge in [0.15, 0.2) is 0 Å². The van der Waals surface area contributed by atoms with Crippen LogP contribution in [0.2, 0.25) is 0 Å². The van der Waals surface area contributed by atoms with E-state index in [1.165, 1.54) is 12.1 Å². The van der Waals surface area contributed by atoms with Crippen LogP contribution in [-0.2, 0) is 10.0 Å². The zero-order valence-electron chi connectivity index (χ0n) is 9.58. The molecule has 1 aromatic heterocycles. The highest BCUT2D eigenvalue weighted by Gasteiger charge is 2.08. The Kier molecular flexibility index (Phi) is 2.76. The first-order valence-electron chi connectivity index (χ1n) is 5.04. The third-order valence-electron chi connectivity index (χ3n) is 2.42. The number of rotatable bonds is 2. The van der Waals surface area contributed by atoms with Crippen molar-refractivity contribution in [2.75, 3.05) is 0 Å². The summed E-state index contributed by atoms with van der Waals surface area (Å²) >= 11 is 0. The maximum absolute atomic E-state index is 11.1. The van der Waals surface area contributed by atoms with E-state index in [1.54, 1.807) is 16.8 Å². The molecule has 17 heavy (non-hydrogen) atoms. The van der Waals surface area contributed by atoms with Crippen LogP contribution in [0, 0.1) is 13.8 Å². The van der Waals surface area contributed by atoms with Crippen LogP contribution in [-0.4, -0.2) is 18.2 Å². The fraction of sp³-hybridized carbons (Fsp3) is 0.182. The largest absolute Gasteiger partial charge is 0.238 e. The first-order chi connectivity index (χ1) is 7.88. The summed E-state index contributed by atoms with van der Waals surface area (Å²) in [6.45, 7) is 3.84. The number of sulfonamides is 1. The lowest BCUT2D eigenvalue weighted by Gasteiger charge is -2.05. The molecule has 1 aromatic carbocycles. The highest BCUT2D eigenvalue weighted by atomic mass is 32.2. The van der Waals surface area contributed by atoms with Crippen LogP contribution in [0.25, 0.3) is 5.69 Å². The summed E-state index contributed by atoms with van der Waals surface area (Å²) in [4.78, 5) is 0.0998. The monoisotopic (exact) mass is 251 g/mol. The van der Waals surface area contributed by atoms with Crippen molar-refractivity contribution in [2.45, 2.75) is 18.7 Å². The second-order valence-electron chi connectivity index (χ2n) is 3.88. The molecular weight excluding hydrogens is 238 g/mol. The number of nitrogens with zero attached hydrogens (tertiary/aromatic N) is 2. The molecule has 90 valence electrons. The predicted molar refractivity (Wildman–Crippen MR) is 64.4 cm³/mol. The van der Waals surface area contributed by atoms with Crippen molar-refractivity contribution < 1.29 is 8.42 Å². The number of nitrogens with two attached hydrogens (primary N) is 1. The molecule has 0 bridgehead atoms. The molecule has 0 saturated heterocycles. The van der Waals surface area contributed by atoms with E-state index in [0.717, 1.165) is 17.1 Å². The van der Waals surface area contributed by atoms with Crippen molar-refractivity contribution in [3.05, 3.63) is 41.7 Å². The Bertz CT molecular complexity index is 642. The second kappa shape index (κ2) is 3.97. The van der Waals surface area contributed by atoms with Crippen molar-refractivity contribution in [3.63, 3.8) is 0 Å². The molecular formula is C11H13N3O2S. The predicted octanol–water partition coefficient (Wildman–Crippen LogP) is 1.14. The van der Waals surface area contributed by atoms with Crippen molar-refractivity contribution in [1.29, 1.82) is 0 Å². The van der Waals surface area contributed by atoms with E-state index in [9.17, 15) is 8.42 Å². The molecule has 5 nitrogen and oxygen atoms in total. The van der Waals surface area contributed by atoms with Crippen molar-refractivity contribution in [3.8, 4) is 5.69 Å². The van der Waals surface area contributed by atoms with Gasteiger partial charge in [0.05, 0.1) is 16.3 Å². The molecule has 2 aromatic rings. The van der Waals surface area contributed by atoms with Gasteiger partial charge in [0.2, 0.25) is 10.0 Å². The van der Waals surface area contributed by atoms with E-state index in [1.807, 2.05) is 19.9 Å². The van der Waals surface area contributed by atoms with Crippen LogP contribution in [0.15, 0.2) is 35.2 Å². The number of primary sulfonamides is 1. The smallest absolute Gasteiger partial charge is 0.238 e.